The zero-order valence-corrected chi connectivity index (χ0v) is 4.96. The fourth-order valence-corrected chi connectivity index (χ4v) is 0. The van der Waals surface area contributed by atoms with E-state index in [-0.39, 0.29) is 18.2 Å². The van der Waals surface area contributed by atoms with Gasteiger partial charge in [0.1, 0.15) is 5.82 Å². The molecule has 0 bridgehead atoms. The van der Waals surface area contributed by atoms with Gasteiger partial charge in [0.25, 0.3) is 0 Å². The topological polar surface area (TPSA) is 78.1 Å². The van der Waals surface area contributed by atoms with Gasteiger partial charge in [0.15, 0.2) is 0 Å². The molecule has 6 N–H and O–H groups in total. The maximum absolute atomic E-state index is 5.06. The summed E-state index contributed by atoms with van der Waals surface area (Å²) in [6.07, 6.45) is 0. The van der Waals surface area contributed by atoms with Gasteiger partial charge in [-0.3, -0.25) is 0 Å². The first-order chi connectivity index (χ1) is 2.64. The molecule has 0 heterocycles. The van der Waals surface area contributed by atoms with E-state index in [0.29, 0.717) is 5.70 Å². The van der Waals surface area contributed by atoms with Crippen molar-refractivity contribution < 1.29 is 0 Å². The van der Waals surface area contributed by atoms with Crippen LogP contribution in [0.4, 0.5) is 0 Å². The molecule has 0 amide bonds. The van der Waals surface area contributed by atoms with Crippen molar-refractivity contribution in [3.05, 3.63) is 11.5 Å². The van der Waals surface area contributed by atoms with E-state index in [0.717, 1.165) is 0 Å². The van der Waals surface area contributed by atoms with Crippen LogP contribution in [0.3, 0.4) is 0 Å². The molecule has 3 nitrogen and oxygen atoms in total. The van der Waals surface area contributed by atoms with Crippen LogP contribution in [0.2, 0.25) is 0 Å². The molecule has 0 aliphatic heterocycles. The number of halogens is 1. The molecule has 0 spiro atoms. The van der Waals surface area contributed by atoms with Crippen LogP contribution in [0.1, 0.15) is 6.92 Å². The molecule has 0 aromatic carbocycles. The van der Waals surface area contributed by atoms with Gasteiger partial charge in [-0.2, -0.15) is 0 Å². The van der Waals surface area contributed by atoms with Gasteiger partial charge in [0.2, 0.25) is 0 Å². The van der Waals surface area contributed by atoms with Gasteiger partial charge >= 0.3 is 0 Å². The molecular formula is C3H10ClN3. The average molecular weight is 124 g/mol. The van der Waals surface area contributed by atoms with Gasteiger partial charge in [-0.25, -0.2) is 0 Å². The van der Waals surface area contributed by atoms with Gasteiger partial charge in [-0.05, 0) is 6.92 Å². The molecule has 0 aromatic heterocycles. The van der Waals surface area contributed by atoms with E-state index in [2.05, 4.69) is 0 Å². The van der Waals surface area contributed by atoms with E-state index < -0.39 is 0 Å². The highest BCUT2D eigenvalue weighted by Crippen LogP contribution is 1.74. The van der Waals surface area contributed by atoms with E-state index in [1.165, 1.54) is 0 Å². The van der Waals surface area contributed by atoms with Crippen LogP contribution in [0.15, 0.2) is 11.5 Å². The minimum absolute atomic E-state index is 0. The van der Waals surface area contributed by atoms with Crippen molar-refractivity contribution in [2.45, 2.75) is 6.92 Å². The van der Waals surface area contributed by atoms with E-state index in [1.807, 2.05) is 0 Å². The normalized spacial score (nSPS) is 6.43. The molecular weight excluding hydrogens is 114 g/mol. The Kier molecular flexibility index (Phi) is 4.99. The Balaban J connectivity index is 0. The second-order valence-electron chi connectivity index (χ2n) is 1.14. The van der Waals surface area contributed by atoms with Gasteiger partial charge in [-0.15, -0.1) is 12.4 Å². The smallest absolute Gasteiger partial charge is 0.112 e. The molecule has 0 aliphatic carbocycles. The predicted molar refractivity (Wildman–Crippen MR) is 32.5 cm³/mol. The fourth-order valence-electron chi connectivity index (χ4n) is 0. The molecule has 7 heavy (non-hydrogen) atoms. The molecule has 0 fully saturated rings. The Morgan fingerprint density at radius 1 is 1.14 bits per heavy atom. The van der Waals surface area contributed by atoms with Gasteiger partial charge in [-0.1, -0.05) is 0 Å². The zero-order chi connectivity index (χ0) is 5.15. The van der Waals surface area contributed by atoms with Crippen molar-refractivity contribution in [2.75, 3.05) is 0 Å². The lowest BCUT2D eigenvalue weighted by Gasteiger charge is -1.89. The molecule has 4 heteroatoms. The van der Waals surface area contributed by atoms with Crippen LogP contribution in [0.5, 0.6) is 0 Å². The summed E-state index contributed by atoms with van der Waals surface area (Å²) in [6.45, 7) is 1.65. The molecule has 0 radical (unpaired) electrons. The van der Waals surface area contributed by atoms with Crippen molar-refractivity contribution in [3.63, 3.8) is 0 Å². The molecule has 0 aromatic rings. The molecule has 0 aliphatic rings. The van der Waals surface area contributed by atoms with Crippen LogP contribution in [0.25, 0.3) is 0 Å². The lowest BCUT2D eigenvalue weighted by molar-refractivity contribution is 1.12. The second kappa shape index (κ2) is 3.61. The number of allylic oxidation sites excluding steroid dienone is 1. The molecule has 0 atom stereocenters. The van der Waals surface area contributed by atoms with Gasteiger partial charge in [0, 0.05) is 5.70 Å². The molecule has 0 rings (SSSR count). The van der Waals surface area contributed by atoms with Crippen LogP contribution in [-0.4, -0.2) is 0 Å². The molecule has 0 saturated carbocycles. The number of hydrogen-bond donors (Lipinski definition) is 3. The lowest BCUT2D eigenvalue weighted by Crippen LogP contribution is -2.14. The number of nitrogens with two attached hydrogens (primary N) is 3. The zero-order valence-electron chi connectivity index (χ0n) is 4.14. The Morgan fingerprint density at radius 3 is 1.29 bits per heavy atom. The first kappa shape index (κ1) is 9.66. The van der Waals surface area contributed by atoms with E-state index >= 15 is 0 Å². The minimum Gasteiger partial charge on any atom is -0.399 e. The summed E-state index contributed by atoms with van der Waals surface area (Å²) in [6, 6.07) is 0. The fraction of sp³-hybridized carbons (Fsp3) is 0.333. The third kappa shape index (κ3) is 5.43. The maximum atomic E-state index is 5.06. The Labute approximate surface area is 49.0 Å². The highest BCUT2D eigenvalue weighted by molar-refractivity contribution is 5.85. The highest BCUT2D eigenvalue weighted by atomic mass is 35.5. The second-order valence-corrected chi connectivity index (χ2v) is 1.14. The number of rotatable bonds is 0. The SMILES string of the molecule is CC(N)=C(N)N.Cl. The Hall–Kier alpha value is -0.570. The monoisotopic (exact) mass is 123 g/mol. The lowest BCUT2D eigenvalue weighted by atomic mass is 10.5. The molecule has 44 valence electrons. The van der Waals surface area contributed by atoms with E-state index in [4.69, 9.17) is 17.2 Å². The Morgan fingerprint density at radius 2 is 1.29 bits per heavy atom. The third-order valence-corrected chi connectivity index (χ3v) is 0.455. The maximum Gasteiger partial charge on any atom is 0.112 e. The van der Waals surface area contributed by atoms with Crippen LogP contribution in [0, 0.1) is 0 Å². The minimum atomic E-state index is 0. The summed E-state index contributed by atoms with van der Waals surface area (Å²) in [4.78, 5) is 0. The van der Waals surface area contributed by atoms with Gasteiger partial charge < -0.3 is 17.2 Å². The summed E-state index contributed by atoms with van der Waals surface area (Å²) < 4.78 is 0. The Bertz CT molecular complexity index is 60.2. The van der Waals surface area contributed by atoms with Crippen molar-refractivity contribution in [2.24, 2.45) is 17.2 Å². The summed E-state index contributed by atoms with van der Waals surface area (Å²) in [7, 11) is 0. The largest absolute Gasteiger partial charge is 0.399 e. The highest BCUT2D eigenvalue weighted by Gasteiger charge is 1.77. The predicted octanol–water partition coefficient (Wildman–Crippen LogP) is -0.527. The van der Waals surface area contributed by atoms with Crippen molar-refractivity contribution in [3.8, 4) is 0 Å². The van der Waals surface area contributed by atoms with Crippen LogP contribution in [-0.2, 0) is 0 Å². The van der Waals surface area contributed by atoms with Crippen molar-refractivity contribution >= 4 is 12.4 Å². The average Bonchev–Trinajstić information content (AvgIpc) is 1.36. The first-order valence-corrected chi connectivity index (χ1v) is 1.62. The quantitative estimate of drug-likeness (QED) is 0.405. The van der Waals surface area contributed by atoms with Crippen molar-refractivity contribution in [1.82, 2.24) is 0 Å². The third-order valence-electron chi connectivity index (χ3n) is 0.455. The summed E-state index contributed by atoms with van der Waals surface area (Å²) in [5, 5.41) is 0. The van der Waals surface area contributed by atoms with Crippen LogP contribution >= 0.6 is 12.4 Å². The summed E-state index contributed by atoms with van der Waals surface area (Å²) in [5.74, 6) is 0.204. The summed E-state index contributed by atoms with van der Waals surface area (Å²) in [5.41, 5.74) is 15.5. The first-order valence-electron chi connectivity index (χ1n) is 1.62. The molecule has 0 unspecified atom stereocenters. The van der Waals surface area contributed by atoms with E-state index in [9.17, 15) is 0 Å². The molecule has 0 saturated heterocycles. The van der Waals surface area contributed by atoms with Crippen molar-refractivity contribution in [1.29, 1.82) is 0 Å². The number of hydrogen-bond acceptors (Lipinski definition) is 3. The summed E-state index contributed by atoms with van der Waals surface area (Å²) >= 11 is 0. The standard InChI is InChI=1S/C3H9N3.ClH/c1-2(4)3(5)6;/h4-6H2,1H3;1H. The van der Waals surface area contributed by atoms with Gasteiger partial charge in [0.05, 0.1) is 0 Å². The van der Waals surface area contributed by atoms with Crippen LogP contribution < -0.4 is 17.2 Å². The van der Waals surface area contributed by atoms with E-state index in [1.54, 1.807) is 6.92 Å².